The maximum Gasteiger partial charge on any atom is 0.281 e. The minimum atomic E-state index is -0.108. The Morgan fingerprint density at radius 1 is 1.03 bits per heavy atom. The molecule has 3 aromatic rings. The largest absolute Gasteiger partial charge is 0.356 e. The summed E-state index contributed by atoms with van der Waals surface area (Å²) < 4.78 is 3.60. The zero-order valence-corrected chi connectivity index (χ0v) is 19.1. The first-order chi connectivity index (χ1) is 15.6. The molecule has 1 saturated heterocycles. The van der Waals surface area contributed by atoms with Gasteiger partial charge in [0.15, 0.2) is 0 Å². The molecular weight excluding hydrogens is 402 g/mol. The minimum absolute atomic E-state index is 0.103. The van der Waals surface area contributed by atoms with Gasteiger partial charge in [-0.15, -0.1) is 0 Å². The van der Waals surface area contributed by atoms with Gasteiger partial charge in [0.25, 0.3) is 5.56 Å². The van der Waals surface area contributed by atoms with E-state index in [1.807, 2.05) is 44.2 Å². The Kier molecular flexibility index (Phi) is 7.05. The average molecular weight is 436 g/mol. The summed E-state index contributed by atoms with van der Waals surface area (Å²) in [6.07, 6.45) is 6.61. The predicted molar refractivity (Wildman–Crippen MR) is 127 cm³/mol. The van der Waals surface area contributed by atoms with Gasteiger partial charge < -0.3 is 14.8 Å². The van der Waals surface area contributed by atoms with Crippen LogP contribution in [0.5, 0.6) is 0 Å². The van der Waals surface area contributed by atoms with Crippen molar-refractivity contribution in [3.8, 4) is 5.69 Å². The predicted octanol–water partition coefficient (Wildman–Crippen LogP) is 3.19. The van der Waals surface area contributed by atoms with E-state index in [4.69, 9.17) is 0 Å². The zero-order chi connectivity index (χ0) is 22.5. The fourth-order valence-electron chi connectivity index (χ4n) is 4.72. The number of fused-ring (bicyclic) bond motifs is 1. The molecular formula is C25H33N5O2. The van der Waals surface area contributed by atoms with Crippen LogP contribution in [0.4, 0.5) is 0 Å². The van der Waals surface area contributed by atoms with Gasteiger partial charge in [-0.05, 0) is 71.3 Å². The van der Waals surface area contributed by atoms with Crippen LogP contribution in [0.3, 0.4) is 0 Å². The van der Waals surface area contributed by atoms with Crippen LogP contribution in [-0.2, 0) is 11.3 Å². The summed E-state index contributed by atoms with van der Waals surface area (Å²) in [5.41, 5.74) is 2.60. The number of hydrogen-bond donors (Lipinski definition) is 1. The van der Waals surface area contributed by atoms with Crippen LogP contribution in [0, 0.1) is 13.8 Å². The highest BCUT2D eigenvalue weighted by Gasteiger charge is 2.17. The highest BCUT2D eigenvalue weighted by molar-refractivity contribution is 5.87. The number of para-hydroxylation sites is 1. The van der Waals surface area contributed by atoms with Crippen LogP contribution < -0.4 is 10.9 Å². The Morgan fingerprint density at radius 2 is 1.78 bits per heavy atom. The molecule has 4 rings (SSSR count). The number of amides is 1. The Hall–Kier alpha value is -2.93. The summed E-state index contributed by atoms with van der Waals surface area (Å²) in [7, 11) is 0. The van der Waals surface area contributed by atoms with Crippen LogP contribution in [0.15, 0.2) is 41.3 Å². The van der Waals surface area contributed by atoms with Gasteiger partial charge in [0.05, 0.1) is 17.3 Å². The van der Waals surface area contributed by atoms with E-state index < -0.39 is 0 Å². The van der Waals surface area contributed by atoms with Crippen molar-refractivity contribution in [3.63, 3.8) is 0 Å². The molecule has 1 aliphatic heterocycles. The van der Waals surface area contributed by atoms with Gasteiger partial charge >= 0.3 is 0 Å². The number of carbonyl (C=O) groups excluding carboxylic acids is 1. The summed E-state index contributed by atoms with van der Waals surface area (Å²) in [5, 5.41) is 9.02. The quantitative estimate of drug-likeness (QED) is 0.524. The van der Waals surface area contributed by atoms with Crippen LogP contribution in [-0.4, -0.2) is 51.3 Å². The molecule has 7 nitrogen and oxygen atoms in total. The van der Waals surface area contributed by atoms with Crippen molar-refractivity contribution in [2.45, 2.75) is 52.5 Å². The van der Waals surface area contributed by atoms with Crippen molar-refractivity contribution in [3.05, 3.63) is 58.3 Å². The van der Waals surface area contributed by atoms with Crippen molar-refractivity contribution < 1.29 is 4.79 Å². The van der Waals surface area contributed by atoms with E-state index in [2.05, 4.69) is 19.9 Å². The summed E-state index contributed by atoms with van der Waals surface area (Å²) in [6, 6.07) is 9.47. The van der Waals surface area contributed by atoms with Crippen molar-refractivity contribution in [1.82, 2.24) is 24.6 Å². The third kappa shape index (κ3) is 4.78. The topological polar surface area (TPSA) is 72.2 Å². The first-order valence-corrected chi connectivity index (χ1v) is 11.7. The van der Waals surface area contributed by atoms with Gasteiger partial charge in [0.1, 0.15) is 0 Å². The molecule has 0 aliphatic carbocycles. The smallest absolute Gasteiger partial charge is 0.281 e. The molecule has 0 spiro atoms. The Labute approximate surface area is 189 Å². The van der Waals surface area contributed by atoms with Gasteiger partial charge in [-0.25, -0.2) is 0 Å². The number of carbonyl (C=O) groups is 1. The van der Waals surface area contributed by atoms with Crippen LogP contribution in [0.2, 0.25) is 0 Å². The summed E-state index contributed by atoms with van der Waals surface area (Å²) in [4.78, 5) is 27.9. The lowest BCUT2D eigenvalue weighted by Gasteiger charge is -2.14. The van der Waals surface area contributed by atoms with Crippen molar-refractivity contribution in [2.24, 2.45) is 0 Å². The molecule has 0 bridgehead atoms. The fourth-order valence-corrected chi connectivity index (χ4v) is 4.72. The van der Waals surface area contributed by atoms with Crippen molar-refractivity contribution in [2.75, 3.05) is 26.2 Å². The Balaban J connectivity index is 1.36. The van der Waals surface area contributed by atoms with Gasteiger partial charge in [-0.2, -0.15) is 9.78 Å². The monoisotopic (exact) mass is 435 g/mol. The van der Waals surface area contributed by atoms with Gasteiger partial charge in [0.2, 0.25) is 5.91 Å². The molecule has 1 amide bonds. The molecule has 2 aromatic heterocycles. The van der Waals surface area contributed by atoms with Crippen LogP contribution >= 0.6 is 0 Å². The third-order valence-corrected chi connectivity index (χ3v) is 6.50. The number of nitrogens with one attached hydrogen (secondary N) is 1. The molecule has 7 heteroatoms. The normalized spacial score (nSPS) is 14.3. The van der Waals surface area contributed by atoms with Gasteiger partial charge in [-0.1, -0.05) is 18.2 Å². The number of hydrogen-bond acceptors (Lipinski definition) is 4. The van der Waals surface area contributed by atoms with E-state index in [9.17, 15) is 9.59 Å². The highest BCUT2D eigenvalue weighted by Crippen LogP contribution is 2.23. The Morgan fingerprint density at radius 3 is 2.53 bits per heavy atom. The fraction of sp³-hybridized carbons (Fsp3) is 0.480. The second-order valence-corrected chi connectivity index (χ2v) is 8.66. The van der Waals surface area contributed by atoms with Crippen LogP contribution in [0.1, 0.15) is 43.5 Å². The van der Waals surface area contributed by atoms with Crippen LogP contribution in [0.25, 0.3) is 16.5 Å². The maximum absolute atomic E-state index is 13.2. The van der Waals surface area contributed by atoms with Gasteiger partial charge in [-0.3, -0.25) is 9.59 Å². The number of aromatic nitrogens is 3. The third-order valence-electron chi connectivity index (χ3n) is 6.50. The number of likely N-dealkylation sites (tertiary alicyclic amines) is 1. The standard InChI is InChI=1S/C25H33N5O2/c1-19-22-18-27-30(21-10-4-3-5-11-21)25(32)24(22)20(2)29(19)17-8-12-23(31)26-13-9-16-28-14-6-7-15-28/h3-5,10-11,18H,6-9,12-17H2,1-2H3,(H,26,31). The molecule has 0 atom stereocenters. The minimum Gasteiger partial charge on any atom is -0.356 e. The Bertz CT molecular complexity index is 1130. The SMILES string of the molecule is Cc1c2cnn(-c3ccccc3)c(=O)c2c(C)n1CCCC(=O)NCCCN1CCCC1. The number of benzene rings is 1. The lowest BCUT2D eigenvalue weighted by atomic mass is 10.2. The maximum atomic E-state index is 13.2. The first kappa shape index (κ1) is 22.3. The van der Waals surface area contributed by atoms with E-state index in [1.54, 1.807) is 6.20 Å². The van der Waals surface area contributed by atoms with E-state index in [0.29, 0.717) is 18.4 Å². The molecule has 32 heavy (non-hydrogen) atoms. The van der Waals surface area contributed by atoms with E-state index >= 15 is 0 Å². The summed E-state index contributed by atoms with van der Waals surface area (Å²) >= 11 is 0. The molecule has 3 heterocycles. The lowest BCUT2D eigenvalue weighted by Crippen LogP contribution is -2.28. The average Bonchev–Trinajstić information content (AvgIpc) is 3.40. The second kappa shape index (κ2) is 10.1. The molecule has 1 aromatic carbocycles. The summed E-state index contributed by atoms with van der Waals surface area (Å²) in [6.45, 7) is 8.91. The van der Waals surface area contributed by atoms with Crippen molar-refractivity contribution >= 4 is 16.7 Å². The molecule has 170 valence electrons. The highest BCUT2D eigenvalue weighted by atomic mass is 16.1. The summed E-state index contributed by atoms with van der Waals surface area (Å²) in [5.74, 6) is 0.103. The first-order valence-electron chi connectivity index (χ1n) is 11.7. The lowest BCUT2D eigenvalue weighted by molar-refractivity contribution is -0.121. The molecule has 1 fully saturated rings. The van der Waals surface area contributed by atoms with Crippen molar-refractivity contribution in [1.29, 1.82) is 0 Å². The van der Waals surface area contributed by atoms with Gasteiger partial charge in [0, 0.05) is 36.3 Å². The number of aryl methyl sites for hydroxylation is 2. The number of nitrogens with zero attached hydrogens (tertiary/aromatic N) is 4. The second-order valence-electron chi connectivity index (χ2n) is 8.66. The van der Waals surface area contributed by atoms with E-state index in [0.717, 1.165) is 48.4 Å². The molecule has 1 N–H and O–H groups in total. The molecule has 0 saturated carbocycles. The van der Waals surface area contributed by atoms with E-state index in [1.165, 1.54) is 30.6 Å². The zero-order valence-electron chi connectivity index (χ0n) is 19.1. The molecule has 0 unspecified atom stereocenters. The number of rotatable bonds is 9. The molecule has 1 aliphatic rings. The molecule has 0 radical (unpaired) electrons. The van der Waals surface area contributed by atoms with E-state index in [-0.39, 0.29) is 11.5 Å².